The zero-order valence-electron chi connectivity index (χ0n) is 16.9. The minimum absolute atomic E-state index is 0.204. The predicted molar refractivity (Wildman–Crippen MR) is 117 cm³/mol. The molecular weight excluding hydrogens is 365 g/mol. The van der Waals surface area contributed by atoms with Crippen molar-refractivity contribution in [3.05, 3.63) is 71.7 Å². The molecule has 0 radical (unpaired) electrons. The van der Waals surface area contributed by atoms with E-state index in [1.807, 2.05) is 18.2 Å². The number of benzene rings is 2. The van der Waals surface area contributed by atoms with E-state index in [0.29, 0.717) is 0 Å². The van der Waals surface area contributed by atoms with Crippen molar-refractivity contribution < 1.29 is 4.39 Å². The van der Waals surface area contributed by atoms with Crippen molar-refractivity contribution in [1.29, 1.82) is 0 Å². The van der Waals surface area contributed by atoms with Crippen molar-refractivity contribution in [2.24, 2.45) is 0 Å². The van der Waals surface area contributed by atoms with Crippen LogP contribution in [0.25, 0.3) is 0 Å². The van der Waals surface area contributed by atoms with Gasteiger partial charge in [0.1, 0.15) is 11.6 Å². The summed E-state index contributed by atoms with van der Waals surface area (Å²) in [6.07, 6.45) is 2.77. The monoisotopic (exact) mass is 391 g/mol. The van der Waals surface area contributed by atoms with Crippen LogP contribution in [0.5, 0.6) is 0 Å². The van der Waals surface area contributed by atoms with E-state index in [9.17, 15) is 4.39 Å². The highest BCUT2D eigenvalue weighted by Gasteiger charge is 2.19. The quantitative estimate of drug-likeness (QED) is 0.691. The first-order valence-corrected chi connectivity index (χ1v) is 10.1. The molecule has 0 unspecified atom stereocenters. The molecule has 1 fully saturated rings. The molecule has 0 bridgehead atoms. The Hall–Kier alpha value is -3.15. The van der Waals surface area contributed by atoms with Crippen molar-refractivity contribution in [2.45, 2.75) is 20.3 Å². The molecule has 0 aliphatic carbocycles. The van der Waals surface area contributed by atoms with Gasteiger partial charge in [-0.3, -0.25) is 0 Å². The van der Waals surface area contributed by atoms with Crippen LogP contribution in [0.15, 0.2) is 54.7 Å². The first-order chi connectivity index (χ1) is 14.1. The van der Waals surface area contributed by atoms with Gasteiger partial charge in [0.15, 0.2) is 0 Å². The maximum Gasteiger partial charge on any atom is 0.227 e. The third-order valence-corrected chi connectivity index (χ3v) is 5.39. The van der Waals surface area contributed by atoms with Crippen molar-refractivity contribution in [3.8, 4) is 0 Å². The maximum atomic E-state index is 13.2. The Morgan fingerprint density at radius 3 is 2.41 bits per heavy atom. The number of hydrogen-bond donors (Lipinski definition) is 1. The highest BCUT2D eigenvalue weighted by molar-refractivity contribution is 5.65. The van der Waals surface area contributed by atoms with E-state index in [2.05, 4.69) is 52.1 Å². The van der Waals surface area contributed by atoms with E-state index in [1.165, 1.54) is 23.3 Å². The fourth-order valence-electron chi connectivity index (χ4n) is 3.72. The van der Waals surface area contributed by atoms with Crippen LogP contribution < -0.4 is 15.1 Å². The van der Waals surface area contributed by atoms with E-state index in [4.69, 9.17) is 4.98 Å². The van der Waals surface area contributed by atoms with Crippen LogP contribution in [0, 0.1) is 12.7 Å². The van der Waals surface area contributed by atoms with Crippen molar-refractivity contribution in [1.82, 2.24) is 9.97 Å². The molecule has 1 aromatic heterocycles. The van der Waals surface area contributed by atoms with Crippen LogP contribution >= 0.6 is 0 Å². The van der Waals surface area contributed by atoms with E-state index in [-0.39, 0.29) is 5.82 Å². The second-order valence-corrected chi connectivity index (χ2v) is 7.28. The number of halogens is 1. The van der Waals surface area contributed by atoms with Crippen LogP contribution in [0.3, 0.4) is 0 Å². The largest absolute Gasteiger partial charge is 0.368 e. The number of hydrogen-bond acceptors (Lipinski definition) is 5. The minimum atomic E-state index is -0.204. The topological polar surface area (TPSA) is 44.3 Å². The molecule has 150 valence electrons. The van der Waals surface area contributed by atoms with Crippen LogP contribution in [-0.4, -0.2) is 36.1 Å². The molecule has 1 N–H and O–H groups in total. The molecule has 0 atom stereocenters. The lowest BCUT2D eigenvalue weighted by Crippen LogP contribution is -2.47. The van der Waals surface area contributed by atoms with Gasteiger partial charge in [-0.25, -0.2) is 9.37 Å². The summed E-state index contributed by atoms with van der Waals surface area (Å²) < 4.78 is 13.2. The number of piperazine rings is 1. The molecule has 2 heterocycles. The molecule has 6 heteroatoms. The zero-order chi connectivity index (χ0) is 20.2. The highest BCUT2D eigenvalue weighted by Crippen LogP contribution is 2.25. The Kier molecular flexibility index (Phi) is 5.60. The smallest absolute Gasteiger partial charge is 0.227 e. The molecule has 3 aromatic rings. The standard InChI is InChI=1S/C23H26FN5/c1-3-18-6-4-5-17(2)22(18)26-21-11-12-25-23(27-21)29-15-13-28(14-16-29)20-9-7-19(24)8-10-20/h4-12H,3,13-16H2,1-2H3,(H,25,26,27). The molecule has 2 aromatic carbocycles. The van der Waals surface area contributed by atoms with Gasteiger partial charge < -0.3 is 15.1 Å². The first kappa shape index (κ1) is 19.2. The van der Waals surface area contributed by atoms with Gasteiger partial charge in [0.25, 0.3) is 0 Å². The summed E-state index contributed by atoms with van der Waals surface area (Å²) in [6, 6.07) is 14.9. The molecule has 0 amide bonds. The lowest BCUT2D eigenvalue weighted by atomic mass is 10.1. The lowest BCUT2D eigenvalue weighted by molar-refractivity contribution is 0.623. The summed E-state index contributed by atoms with van der Waals surface area (Å²) in [6.45, 7) is 7.62. The number of aromatic nitrogens is 2. The number of anilines is 4. The predicted octanol–water partition coefficient (Wildman–Crippen LogP) is 4.56. The van der Waals surface area contributed by atoms with Crippen molar-refractivity contribution in [3.63, 3.8) is 0 Å². The van der Waals surface area contributed by atoms with E-state index in [0.717, 1.165) is 55.7 Å². The van der Waals surface area contributed by atoms with Gasteiger partial charge in [-0.15, -0.1) is 0 Å². The van der Waals surface area contributed by atoms with Crippen LogP contribution in [0.2, 0.25) is 0 Å². The average Bonchev–Trinajstić information content (AvgIpc) is 2.76. The van der Waals surface area contributed by atoms with Crippen molar-refractivity contribution in [2.75, 3.05) is 41.3 Å². The zero-order valence-corrected chi connectivity index (χ0v) is 16.9. The fourth-order valence-corrected chi connectivity index (χ4v) is 3.72. The third kappa shape index (κ3) is 4.31. The molecule has 1 saturated heterocycles. The minimum Gasteiger partial charge on any atom is -0.368 e. The second-order valence-electron chi connectivity index (χ2n) is 7.28. The summed E-state index contributed by atoms with van der Waals surface area (Å²) in [5.41, 5.74) is 4.66. The van der Waals surface area contributed by atoms with Crippen molar-refractivity contribution >= 4 is 23.1 Å². The number of rotatable bonds is 5. The molecule has 4 rings (SSSR count). The summed E-state index contributed by atoms with van der Waals surface area (Å²) in [5, 5.41) is 3.49. The molecule has 0 spiro atoms. The summed E-state index contributed by atoms with van der Waals surface area (Å²) in [5.74, 6) is 1.34. The third-order valence-electron chi connectivity index (χ3n) is 5.39. The Bertz CT molecular complexity index is 965. The number of nitrogens with one attached hydrogen (secondary N) is 1. The SMILES string of the molecule is CCc1cccc(C)c1Nc1ccnc(N2CCN(c3ccc(F)cc3)CC2)n1. The second kappa shape index (κ2) is 8.47. The van der Waals surface area contributed by atoms with Crippen LogP contribution in [-0.2, 0) is 6.42 Å². The van der Waals surface area contributed by atoms with E-state index in [1.54, 1.807) is 6.20 Å². The Labute approximate surface area is 171 Å². The van der Waals surface area contributed by atoms with Crippen LogP contribution in [0.1, 0.15) is 18.1 Å². The van der Waals surface area contributed by atoms with Gasteiger partial charge in [-0.1, -0.05) is 25.1 Å². The first-order valence-electron chi connectivity index (χ1n) is 10.1. The molecule has 1 aliphatic rings. The molecule has 0 saturated carbocycles. The van der Waals surface area contributed by atoms with E-state index >= 15 is 0 Å². The lowest BCUT2D eigenvalue weighted by Gasteiger charge is -2.36. The Balaban J connectivity index is 1.45. The summed E-state index contributed by atoms with van der Waals surface area (Å²) in [7, 11) is 0. The van der Waals surface area contributed by atoms with Gasteiger partial charge in [0.05, 0.1) is 0 Å². The molecular formula is C23H26FN5. The Morgan fingerprint density at radius 1 is 0.966 bits per heavy atom. The number of nitrogens with zero attached hydrogens (tertiary/aromatic N) is 4. The summed E-state index contributed by atoms with van der Waals surface area (Å²) >= 11 is 0. The van der Waals surface area contributed by atoms with E-state index < -0.39 is 0 Å². The normalized spacial score (nSPS) is 14.2. The molecule has 5 nitrogen and oxygen atoms in total. The Morgan fingerprint density at radius 2 is 1.69 bits per heavy atom. The molecule has 1 aliphatic heterocycles. The highest BCUT2D eigenvalue weighted by atomic mass is 19.1. The van der Waals surface area contributed by atoms with Gasteiger partial charge >= 0.3 is 0 Å². The van der Waals surface area contributed by atoms with Gasteiger partial charge in [-0.05, 0) is 54.8 Å². The van der Waals surface area contributed by atoms with Crippen LogP contribution in [0.4, 0.5) is 27.5 Å². The average molecular weight is 391 g/mol. The maximum absolute atomic E-state index is 13.2. The molecule has 29 heavy (non-hydrogen) atoms. The van der Waals surface area contributed by atoms with Gasteiger partial charge in [-0.2, -0.15) is 4.98 Å². The number of para-hydroxylation sites is 1. The number of aryl methyl sites for hydroxylation is 2. The fraction of sp³-hybridized carbons (Fsp3) is 0.304. The van der Waals surface area contributed by atoms with Gasteiger partial charge in [0.2, 0.25) is 5.95 Å². The summed E-state index contributed by atoms with van der Waals surface area (Å²) in [4.78, 5) is 13.7. The van der Waals surface area contributed by atoms with Gasteiger partial charge in [0, 0.05) is 43.8 Å².